The molecule has 0 radical (unpaired) electrons. The van der Waals surface area contributed by atoms with Crippen molar-refractivity contribution in [3.8, 4) is 5.75 Å². The third-order valence-corrected chi connectivity index (χ3v) is 3.16. The lowest BCUT2D eigenvalue weighted by molar-refractivity contribution is 0.0976. The Bertz CT molecular complexity index is 673. The lowest BCUT2D eigenvalue weighted by Gasteiger charge is -2.29. The van der Waals surface area contributed by atoms with Crippen molar-refractivity contribution in [2.24, 2.45) is 0 Å². The first kappa shape index (κ1) is 12.5. The number of nitrogens with zero attached hydrogens (tertiary/aromatic N) is 1. The summed E-state index contributed by atoms with van der Waals surface area (Å²) < 4.78 is 18.7. The van der Waals surface area contributed by atoms with Crippen molar-refractivity contribution < 1.29 is 13.9 Å². The molecule has 2 aromatic carbocycles. The van der Waals surface area contributed by atoms with Crippen molar-refractivity contribution in [1.29, 1.82) is 0 Å². The maximum atomic E-state index is 13.2. The van der Waals surface area contributed by atoms with E-state index in [0.29, 0.717) is 35.8 Å². The van der Waals surface area contributed by atoms with Gasteiger partial charge in [-0.1, -0.05) is 6.07 Å². The van der Waals surface area contributed by atoms with Crippen LogP contribution in [0, 0.1) is 5.82 Å². The number of ether oxygens (including phenoxy) is 1. The first-order chi connectivity index (χ1) is 9.65. The van der Waals surface area contributed by atoms with Crippen molar-refractivity contribution in [3.63, 3.8) is 0 Å². The van der Waals surface area contributed by atoms with Crippen LogP contribution < -0.4 is 15.4 Å². The average Bonchev–Trinajstić information content (AvgIpc) is 2.46. The van der Waals surface area contributed by atoms with Gasteiger partial charge in [-0.05, 0) is 36.4 Å². The highest BCUT2D eigenvalue weighted by molar-refractivity contribution is 6.07. The SMILES string of the molecule is Nc1ccc2c(c1)N(C(=O)c1cccc(F)c1)CCO2. The summed E-state index contributed by atoms with van der Waals surface area (Å²) in [6.45, 7) is 0.809. The van der Waals surface area contributed by atoms with Crippen LogP contribution in [-0.2, 0) is 0 Å². The van der Waals surface area contributed by atoms with Gasteiger partial charge < -0.3 is 15.4 Å². The van der Waals surface area contributed by atoms with Crippen LogP contribution in [0.4, 0.5) is 15.8 Å². The topological polar surface area (TPSA) is 55.6 Å². The molecule has 0 saturated carbocycles. The van der Waals surface area contributed by atoms with E-state index in [0.717, 1.165) is 0 Å². The van der Waals surface area contributed by atoms with Crippen molar-refractivity contribution in [2.45, 2.75) is 0 Å². The van der Waals surface area contributed by atoms with E-state index in [9.17, 15) is 9.18 Å². The number of nitrogens with two attached hydrogens (primary N) is 1. The van der Waals surface area contributed by atoms with Gasteiger partial charge >= 0.3 is 0 Å². The Morgan fingerprint density at radius 3 is 2.90 bits per heavy atom. The Kier molecular flexibility index (Phi) is 3.02. The molecule has 0 aromatic heterocycles. The second kappa shape index (κ2) is 4.85. The summed E-state index contributed by atoms with van der Waals surface area (Å²) in [5.74, 6) is -0.0910. The lowest BCUT2D eigenvalue weighted by Crippen LogP contribution is -2.38. The summed E-state index contributed by atoms with van der Waals surface area (Å²) in [5.41, 5.74) is 7.22. The molecule has 0 saturated heterocycles. The highest BCUT2D eigenvalue weighted by Crippen LogP contribution is 2.34. The Hall–Kier alpha value is -2.56. The summed E-state index contributed by atoms with van der Waals surface area (Å²) in [6, 6.07) is 10.8. The summed E-state index contributed by atoms with van der Waals surface area (Å²) in [4.78, 5) is 14.0. The molecule has 5 heteroatoms. The fourth-order valence-electron chi connectivity index (χ4n) is 2.22. The van der Waals surface area contributed by atoms with E-state index in [1.165, 1.54) is 18.2 Å². The molecule has 20 heavy (non-hydrogen) atoms. The minimum atomic E-state index is -0.433. The Labute approximate surface area is 115 Å². The van der Waals surface area contributed by atoms with Crippen LogP contribution >= 0.6 is 0 Å². The Morgan fingerprint density at radius 2 is 2.10 bits per heavy atom. The predicted octanol–water partition coefficient (Wildman–Crippen LogP) is 2.45. The molecular formula is C15H13FN2O2. The number of nitrogen functional groups attached to an aromatic ring is 1. The second-order valence-electron chi connectivity index (χ2n) is 4.54. The number of rotatable bonds is 1. The lowest BCUT2D eigenvalue weighted by atomic mass is 10.1. The minimum absolute atomic E-state index is 0.264. The van der Waals surface area contributed by atoms with E-state index in [1.807, 2.05) is 0 Å². The fraction of sp³-hybridized carbons (Fsp3) is 0.133. The minimum Gasteiger partial charge on any atom is -0.490 e. The van der Waals surface area contributed by atoms with Crippen molar-refractivity contribution in [2.75, 3.05) is 23.8 Å². The van der Waals surface area contributed by atoms with Crippen LogP contribution in [0.5, 0.6) is 5.75 Å². The average molecular weight is 272 g/mol. The van der Waals surface area contributed by atoms with E-state index in [-0.39, 0.29) is 5.91 Å². The van der Waals surface area contributed by atoms with Crippen LogP contribution in [0.1, 0.15) is 10.4 Å². The molecule has 0 atom stereocenters. The van der Waals surface area contributed by atoms with E-state index >= 15 is 0 Å². The zero-order valence-electron chi connectivity index (χ0n) is 10.7. The molecule has 102 valence electrons. The maximum absolute atomic E-state index is 13.2. The second-order valence-corrected chi connectivity index (χ2v) is 4.54. The molecule has 0 aliphatic carbocycles. The Morgan fingerprint density at radius 1 is 1.25 bits per heavy atom. The maximum Gasteiger partial charge on any atom is 0.258 e. The number of carbonyl (C=O) groups excluding carboxylic acids is 1. The highest BCUT2D eigenvalue weighted by atomic mass is 19.1. The summed E-state index contributed by atoms with van der Waals surface area (Å²) >= 11 is 0. The number of anilines is 2. The number of hydrogen-bond donors (Lipinski definition) is 1. The van der Waals surface area contributed by atoms with E-state index < -0.39 is 5.82 Å². The number of fused-ring (bicyclic) bond motifs is 1. The standard InChI is InChI=1S/C15H13FN2O2/c16-11-3-1-2-10(8-11)15(19)18-6-7-20-14-5-4-12(17)9-13(14)18/h1-5,8-9H,6-7,17H2. The van der Waals surface area contributed by atoms with Gasteiger partial charge in [-0.3, -0.25) is 4.79 Å². The van der Waals surface area contributed by atoms with Crippen LogP contribution in [0.3, 0.4) is 0 Å². The molecule has 1 heterocycles. The van der Waals surface area contributed by atoms with E-state index in [2.05, 4.69) is 0 Å². The molecule has 0 spiro atoms. The predicted molar refractivity (Wildman–Crippen MR) is 74.4 cm³/mol. The van der Waals surface area contributed by atoms with Crippen molar-refractivity contribution >= 4 is 17.3 Å². The number of carbonyl (C=O) groups is 1. The zero-order valence-corrected chi connectivity index (χ0v) is 10.7. The van der Waals surface area contributed by atoms with Gasteiger partial charge in [-0.25, -0.2) is 4.39 Å². The highest BCUT2D eigenvalue weighted by Gasteiger charge is 2.25. The first-order valence-corrected chi connectivity index (χ1v) is 6.25. The molecule has 0 bridgehead atoms. The number of benzene rings is 2. The van der Waals surface area contributed by atoms with E-state index in [4.69, 9.17) is 10.5 Å². The summed E-state index contributed by atoms with van der Waals surface area (Å²) in [6.07, 6.45) is 0. The zero-order chi connectivity index (χ0) is 14.1. The molecule has 3 rings (SSSR count). The van der Waals surface area contributed by atoms with Gasteiger partial charge in [-0.15, -0.1) is 0 Å². The third-order valence-electron chi connectivity index (χ3n) is 3.16. The molecule has 0 fully saturated rings. The van der Waals surface area contributed by atoms with Crippen LogP contribution in [0.25, 0.3) is 0 Å². The van der Waals surface area contributed by atoms with Gasteiger partial charge in [0.15, 0.2) is 0 Å². The van der Waals surface area contributed by atoms with E-state index in [1.54, 1.807) is 29.2 Å². The van der Waals surface area contributed by atoms with Gasteiger partial charge in [0.2, 0.25) is 0 Å². The molecule has 0 unspecified atom stereocenters. The van der Waals surface area contributed by atoms with Crippen LogP contribution in [0.15, 0.2) is 42.5 Å². The van der Waals surface area contributed by atoms with Crippen LogP contribution in [0.2, 0.25) is 0 Å². The van der Waals surface area contributed by atoms with Gasteiger partial charge in [0, 0.05) is 11.3 Å². The molecule has 1 amide bonds. The van der Waals surface area contributed by atoms with Gasteiger partial charge in [0.25, 0.3) is 5.91 Å². The molecule has 2 aromatic rings. The molecule has 1 aliphatic heterocycles. The third kappa shape index (κ3) is 2.18. The molecular weight excluding hydrogens is 259 g/mol. The van der Waals surface area contributed by atoms with Gasteiger partial charge in [0.05, 0.1) is 12.2 Å². The van der Waals surface area contributed by atoms with Crippen molar-refractivity contribution in [1.82, 2.24) is 0 Å². The number of amides is 1. The van der Waals surface area contributed by atoms with Gasteiger partial charge in [-0.2, -0.15) is 0 Å². The molecule has 1 aliphatic rings. The Balaban J connectivity index is 2.00. The first-order valence-electron chi connectivity index (χ1n) is 6.25. The van der Waals surface area contributed by atoms with Crippen molar-refractivity contribution in [3.05, 3.63) is 53.8 Å². The number of halogens is 1. The smallest absolute Gasteiger partial charge is 0.258 e. The quantitative estimate of drug-likeness (QED) is 0.811. The fourth-order valence-corrected chi connectivity index (χ4v) is 2.22. The largest absolute Gasteiger partial charge is 0.490 e. The monoisotopic (exact) mass is 272 g/mol. The molecule has 2 N–H and O–H groups in total. The number of hydrogen-bond acceptors (Lipinski definition) is 3. The summed E-state index contributed by atoms with van der Waals surface area (Å²) in [5, 5.41) is 0. The summed E-state index contributed by atoms with van der Waals surface area (Å²) in [7, 11) is 0. The normalized spacial score (nSPS) is 13.6. The molecule has 4 nitrogen and oxygen atoms in total. The van der Waals surface area contributed by atoms with Gasteiger partial charge in [0.1, 0.15) is 18.2 Å². The van der Waals surface area contributed by atoms with Crippen LogP contribution in [-0.4, -0.2) is 19.1 Å².